The van der Waals surface area contributed by atoms with E-state index in [1.807, 2.05) is 18.2 Å². The Bertz CT molecular complexity index is 831. The quantitative estimate of drug-likeness (QED) is 0.634. The van der Waals surface area contributed by atoms with Gasteiger partial charge in [-0.25, -0.2) is 0 Å². The maximum absolute atomic E-state index is 9.80. The molecular formula is C21H21BrN2O2. The van der Waals surface area contributed by atoms with Crippen molar-refractivity contribution in [1.29, 1.82) is 10.5 Å². The summed E-state index contributed by atoms with van der Waals surface area (Å²) in [5.74, 6) is 1.63. The third kappa shape index (κ3) is 2.91. The lowest BCUT2D eigenvalue weighted by Gasteiger charge is -2.34. The number of nitrogens with zero attached hydrogens (tertiary/aromatic N) is 2. The molecule has 0 N–H and O–H groups in total. The molecule has 0 amide bonds. The van der Waals surface area contributed by atoms with Gasteiger partial charge in [-0.3, -0.25) is 0 Å². The normalized spacial score (nSPS) is 23.7. The molecule has 2 atom stereocenters. The minimum atomic E-state index is -1.07. The van der Waals surface area contributed by atoms with Crippen molar-refractivity contribution in [3.63, 3.8) is 0 Å². The van der Waals surface area contributed by atoms with Crippen LogP contribution in [0.3, 0.4) is 0 Å². The average Bonchev–Trinajstić information content (AvgIpc) is 2.85. The zero-order valence-electron chi connectivity index (χ0n) is 15.0. The largest absolute Gasteiger partial charge is 0.496 e. The summed E-state index contributed by atoms with van der Waals surface area (Å²) in [5, 5.41) is 19.6. The number of hydrogen-bond acceptors (Lipinski definition) is 4. The number of fused-ring (bicyclic) bond motifs is 1. The number of nitriles is 2. The molecule has 0 fully saturated rings. The average molecular weight is 413 g/mol. The molecule has 2 aliphatic carbocycles. The van der Waals surface area contributed by atoms with E-state index in [-0.39, 0.29) is 11.8 Å². The van der Waals surface area contributed by atoms with Crippen LogP contribution in [0.5, 0.6) is 11.5 Å². The van der Waals surface area contributed by atoms with Gasteiger partial charge in [-0.05, 0) is 58.8 Å². The zero-order chi connectivity index (χ0) is 18.7. The van der Waals surface area contributed by atoms with Crippen LogP contribution >= 0.6 is 15.9 Å². The molecule has 4 nitrogen and oxygen atoms in total. The van der Waals surface area contributed by atoms with Gasteiger partial charge >= 0.3 is 0 Å². The van der Waals surface area contributed by atoms with E-state index in [1.165, 1.54) is 0 Å². The van der Waals surface area contributed by atoms with Crippen molar-refractivity contribution in [2.24, 2.45) is 11.3 Å². The summed E-state index contributed by atoms with van der Waals surface area (Å²) >= 11 is 3.69. The number of halogens is 1. The van der Waals surface area contributed by atoms with Crippen molar-refractivity contribution in [3.8, 4) is 23.6 Å². The highest BCUT2D eigenvalue weighted by Crippen LogP contribution is 2.52. The van der Waals surface area contributed by atoms with Crippen LogP contribution in [-0.2, 0) is 0 Å². The molecule has 1 aromatic rings. The van der Waals surface area contributed by atoms with Gasteiger partial charge in [0.2, 0.25) is 0 Å². The van der Waals surface area contributed by atoms with Crippen molar-refractivity contribution in [2.45, 2.75) is 31.6 Å². The first kappa shape index (κ1) is 18.5. The second-order valence-corrected chi connectivity index (χ2v) is 7.47. The minimum absolute atomic E-state index is 0.0181. The van der Waals surface area contributed by atoms with Crippen molar-refractivity contribution < 1.29 is 9.47 Å². The fourth-order valence-electron chi connectivity index (χ4n) is 4.15. The monoisotopic (exact) mass is 412 g/mol. The van der Waals surface area contributed by atoms with Crippen LogP contribution in [0.25, 0.3) is 0 Å². The van der Waals surface area contributed by atoms with Crippen molar-refractivity contribution in [1.82, 2.24) is 0 Å². The van der Waals surface area contributed by atoms with Crippen molar-refractivity contribution in [3.05, 3.63) is 46.0 Å². The number of allylic oxidation sites excluding steroid dienone is 4. The maximum Gasteiger partial charge on any atom is 0.168 e. The molecule has 0 saturated heterocycles. The Morgan fingerprint density at radius 1 is 1.15 bits per heavy atom. The van der Waals surface area contributed by atoms with Gasteiger partial charge in [0.15, 0.2) is 5.41 Å². The van der Waals surface area contributed by atoms with Gasteiger partial charge in [0.05, 0.1) is 30.8 Å². The van der Waals surface area contributed by atoms with Crippen LogP contribution in [0.4, 0.5) is 0 Å². The Labute approximate surface area is 162 Å². The van der Waals surface area contributed by atoms with E-state index in [0.29, 0.717) is 6.42 Å². The Balaban J connectivity index is 2.19. The van der Waals surface area contributed by atoms with Crippen LogP contribution in [0.15, 0.2) is 40.4 Å². The van der Waals surface area contributed by atoms with Crippen molar-refractivity contribution >= 4 is 15.9 Å². The Hall–Kier alpha value is -2.24. The summed E-state index contributed by atoms with van der Waals surface area (Å²) < 4.78 is 12.0. The van der Waals surface area contributed by atoms with Gasteiger partial charge in [-0.1, -0.05) is 18.2 Å². The first-order chi connectivity index (χ1) is 12.6. The Kier molecular flexibility index (Phi) is 5.39. The fourth-order valence-corrected chi connectivity index (χ4v) is 4.91. The summed E-state index contributed by atoms with van der Waals surface area (Å²) in [6.07, 6.45) is 9.54. The van der Waals surface area contributed by atoms with Gasteiger partial charge in [0, 0.05) is 17.9 Å². The lowest BCUT2D eigenvalue weighted by Crippen LogP contribution is -2.28. The molecule has 0 aliphatic heterocycles. The standard InChI is InChI=1S/C21H21BrN2O2/c1-25-17-9-10-18(26-2)20(22)19(17)15-7-5-11-21(12-23,13-24)16-8-4-3-6-14(15)16/h5,7-10,14-15H,3-4,6,11H2,1-2H3/t14-,15?/m0/s1. The van der Waals surface area contributed by atoms with Crippen LogP contribution in [0.1, 0.15) is 37.2 Å². The smallest absolute Gasteiger partial charge is 0.168 e. The summed E-state index contributed by atoms with van der Waals surface area (Å²) in [5.41, 5.74) is 0.891. The van der Waals surface area contributed by atoms with Gasteiger partial charge in [-0.15, -0.1) is 0 Å². The molecule has 0 heterocycles. The Morgan fingerprint density at radius 2 is 1.85 bits per heavy atom. The number of hydrogen-bond donors (Lipinski definition) is 0. The SMILES string of the molecule is COc1ccc(OC)c(C2C=CCC(C#N)(C#N)C3=CCCC[C@H]32)c1Br. The number of ether oxygens (including phenoxy) is 2. The van der Waals surface area contributed by atoms with Gasteiger partial charge < -0.3 is 9.47 Å². The molecule has 26 heavy (non-hydrogen) atoms. The third-order valence-corrected chi connectivity index (χ3v) is 6.25. The molecule has 0 spiro atoms. The second kappa shape index (κ2) is 7.56. The van der Waals surface area contributed by atoms with Gasteiger partial charge in [0.1, 0.15) is 11.5 Å². The first-order valence-electron chi connectivity index (χ1n) is 8.72. The van der Waals surface area contributed by atoms with E-state index in [9.17, 15) is 10.5 Å². The number of rotatable bonds is 3. The Morgan fingerprint density at radius 3 is 2.50 bits per heavy atom. The molecular weight excluding hydrogens is 392 g/mol. The van der Waals surface area contributed by atoms with E-state index in [0.717, 1.165) is 46.4 Å². The maximum atomic E-state index is 9.80. The van der Waals surface area contributed by atoms with Crippen molar-refractivity contribution in [2.75, 3.05) is 14.2 Å². The first-order valence-corrected chi connectivity index (χ1v) is 9.51. The summed E-state index contributed by atoms with van der Waals surface area (Å²) in [6, 6.07) is 8.37. The summed E-state index contributed by atoms with van der Waals surface area (Å²) in [6.45, 7) is 0. The number of benzene rings is 1. The van der Waals surface area contributed by atoms with Gasteiger partial charge in [0.25, 0.3) is 0 Å². The second-order valence-electron chi connectivity index (χ2n) is 6.68. The number of methoxy groups -OCH3 is 2. The molecule has 1 unspecified atom stereocenters. The molecule has 3 rings (SSSR count). The van der Waals surface area contributed by atoms with Crippen LogP contribution < -0.4 is 9.47 Å². The van der Waals surface area contributed by atoms with E-state index >= 15 is 0 Å². The van der Waals surface area contributed by atoms with E-state index in [1.54, 1.807) is 14.2 Å². The topological polar surface area (TPSA) is 66.0 Å². The highest BCUT2D eigenvalue weighted by molar-refractivity contribution is 9.10. The lowest BCUT2D eigenvalue weighted by atomic mass is 9.67. The molecule has 0 aromatic heterocycles. The van der Waals surface area contributed by atoms with Gasteiger partial charge in [-0.2, -0.15) is 10.5 Å². The molecule has 134 valence electrons. The van der Waals surface area contributed by atoms with Crippen LogP contribution in [-0.4, -0.2) is 14.2 Å². The predicted molar refractivity (Wildman–Crippen MR) is 103 cm³/mol. The molecule has 0 radical (unpaired) electrons. The minimum Gasteiger partial charge on any atom is -0.496 e. The predicted octanol–water partition coefficient (Wildman–Crippen LogP) is 5.27. The third-order valence-electron chi connectivity index (χ3n) is 5.44. The molecule has 0 saturated carbocycles. The highest BCUT2D eigenvalue weighted by atomic mass is 79.9. The molecule has 1 aromatic carbocycles. The summed E-state index contributed by atoms with van der Waals surface area (Å²) in [4.78, 5) is 0. The van der Waals surface area contributed by atoms with E-state index in [2.05, 4.69) is 40.2 Å². The lowest BCUT2D eigenvalue weighted by molar-refractivity contribution is 0.377. The zero-order valence-corrected chi connectivity index (χ0v) is 16.5. The molecule has 5 heteroatoms. The highest BCUT2D eigenvalue weighted by Gasteiger charge is 2.44. The summed E-state index contributed by atoms with van der Waals surface area (Å²) in [7, 11) is 3.30. The van der Waals surface area contributed by atoms with Crippen LogP contribution in [0.2, 0.25) is 0 Å². The van der Waals surface area contributed by atoms with E-state index in [4.69, 9.17) is 9.47 Å². The van der Waals surface area contributed by atoms with E-state index < -0.39 is 5.41 Å². The fraction of sp³-hybridized carbons (Fsp3) is 0.429. The molecule has 0 bridgehead atoms. The van der Waals surface area contributed by atoms with Crippen LogP contribution in [0, 0.1) is 34.0 Å². The molecule has 2 aliphatic rings.